The van der Waals surface area contributed by atoms with Gasteiger partial charge in [0.2, 0.25) is 5.69 Å². The summed E-state index contributed by atoms with van der Waals surface area (Å²) in [5, 5.41) is 2.56. The number of methoxy groups -OCH3 is 3. The van der Waals surface area contributed by atoms with Gasteiger partial charge in [0.05, 0.1) is 32.3 Å². The van der Waals surface area contributed by atoms with Crippen LogP contribution < -0.4 is 24.5 Å². The topological polar surface area (TPSA) is 57.6 Å². The van der Waals surface area contributed by atoms with Gasteiger partial charge in [0.15, 0.2) is 24.2 Å². The monoisotopic (exact) mass is 407 g/mol. The van der Waals surface area contributed by atoms with Crippen LogP contribution in [0.2, 0.25) is 0 Å². The molecule has 2 N–H and O–H groups in total. The van der Waals surface area contributed by atoms with Gasteiger partial charge < -0.3 is 19.9 Å². The van der Waals surface area contributed by atoms with Crippen LogP contribution in [0.1, 0.15) is 30.0 Å². The number of pyridine rings is 1. The van der Waals surface area contributed by atoms with Crippen LogP contribution >= 0.6 is 0 Å². The fraction of sp³-hybridized carbons (Fsp3) is 0.400. The molecule has 5 nitrogen and oxygen atoms in total. The molecule has 0 fully saturated rings. The van der Waals surface area contributed by atoms with Gasteiger partial charge in [-0.3, -0.25) is 0 Å². The molecular formula is C25H31N2O3+. The Morgan fingerprint density at radius 2 is 1.67 bits per heavy atom. The van der Waals surface area contributed by atoms with E-state index in [-0.39, 0.29) is 0 Å². The Balaban J connectivity index is 2.01. The second-order valence-electron chi connectivity index (χ2n) is 7.72. The number of rotatable bonds is 7. The number of hydrogen-bond acceptors (Lipinski definition) is 4. The van der Waals surface area contributed by atoms with Gasteiger partial charge in [-0.05, 0) is 61.0 Å². The van der Waals surface area contributed by atoms with E-state index in [1.165, 1.54) is 38.7 Å². The molecule has 1 aliphatic heterocycles. The SMILES string of the molecule is CCc1c2[n+](cc3c(CCCN)c(OC)ccc13)CCc1cc(OC)c(OC)cc1-2. The number of hydrogen-bond donors (Lipinski definition) is 1. The molecule has 1 aromatic heterocycles. The van der Waals surface area contributed by atoms with Gasteiger partial charge >= 0.3 is 0 Å². The highest BCUT2D eigenvalue weighted by atomic mass is 16.5. The van der Waals surface area contributed by atoms with Crippen molar-refractivity contribution in [2.75, 3.05) is 27.9 Å². The van der Waals surface area contributed by atoms with Gasteiger partial charge in [0.1, 0.15) is 5.75 Å². The maximum absolute atomic E-state index is 5.81. The number of aryl methyl sites for hydroxylation is 4. The molecule has 0 atom stereocenters. The lowest BCUT2D eigenvalue weighted by molar-refractivity contribution is -0.686. The molecule has 0 unspecified atom stereocenters. The van der Waals surface area contributed by atoms with Crippen molar-refractivity contribution in [3.8, 4) is 28.5 Å². The zero-order valence-corrected chi connectivity index (χ0v) is 18.4. The zero-order chi connectivity index (χ0) is 21.3. The molecule has 0 radical (unpaired) electrons. The minimum Gasteiger partial charge on any atom is -0.496 e. The Bertz CT molecular complexity index is 1090. The molecule has 0 amide bonds. The first kappa shape index (κ1) is 20.5. The van der Waals surface area contributed by atoms with Crippen molar-refractivity contribution in [1.29, 1.82) is 0 Å². The maximum atomic E-state index is 5.81. The molecule has 158 valence electrons. The maximum Gasteiger partial charge on any atom is 0.216 e. The first-order valence-electron chi connectivity index (χ1n) is 10.7. The number of nitrogens with two attached hydrogens (primary N) is 1. The van der Waals surface area contributed by atoms with Crippen LogP contribution in [0.15, 0.2) is 30.5 Å². The highest BCUT2D eigenvalue weighted by Gasteiger charge is 2.30. The van der Waals surface area contributed by atoms with E-state index >= 15 is 0 Å². The third-order valence-corrected chi connectivity index (χ3v) is 6.19. The highest BCUT2D eigenvalue weighted by molar-refractivity contribution is 5.93. The number of benzene rings is 2. The highest BCUT2D eigenvalue weighted by Crippen LogP contribution is 2.40. The summed E-state index contributed by atoms with van der Waals surface area (Å²) in [6.45, 7) is 3.84. The quantitative estimate of drug-likeness (QED) is 0.605. The van der Waals surface area contributed by atoms with Crippen molar-refractivity contribution in [3.63, 3.8) is 0 Å². The second-order valence-corrected chi connectivity index (χ2v) is 7.72. The fourth-order valence-corrected chi connectivity index (χ4v) is 4.75. The third-order valence-electron chi connectivity index (χ3n) is 6.19. The predicted octanol–water partition coefficient (Wildman–Crippen LogP) is 3.83. The van der Waals surface area contributed by atoms with E-state index < -0.39 is 0 Å². The smallest absolute Gasteiger partial charge is 0.216 e. The van der Waals surface area contributed by atoms with Gasteiger partial charge in [-0.2, -0.15) is 4.57 Å². The number of fused-ring (bicyclic) bond motifs is 4. The summed E-state index contributed by atoms with van der Waals surface area (Å²) in [5.41, 5.74) is 12.2. The Kier molecular flexibility index (Phi) is 5.82. The fourth-order valence-electron chi connectivity index (χ4n) is 4.75. The lowest BCUT2D eigenvalue weighted by atomic mass is 9.89. The Labute approximate surface area is 178 Å². The van der Waals surface area contributed by atoms with Crippen LogP contribution in [0.4, 0.5) is 0 Å². The Hall–Kier alpha value is -2.79. The van der Waals surface area contributed by atoms with Crippen LogP contribution in [-0.2, 0) is 25.8 Å². The van der Waals surface area contributed by atoms with Gasteiger partial charge in [-0.1, -0.05) is 6.92 Å². The van der Waals surface area contributed by atoms with Crippen molar-refractivity contribution in [3.05, 3.63) is 47.2 Å². The first-order valence-corrected chi connectivity index (χ1v) is 10.7. The Morgan fingerprint density at radius 1 is 0.933 bits per heavy atom. The summed E-state index contributed by atoms with van der Waals surface area (Å²) in [4.78, 5) is 0. The van der Waals surface area contributed by atoms with Crippen molar-refractivity contribution >= 4 is 10.8 Å². The van der Waals surface area contributed by atoms with Crippen LogP contribution in [0, 0.1) is 0 Å². The van der Waals surface area contributed by atoms with Crippen molar-refractivity contribution in [2.24, 2.45) is 5.73 Å². The van der Waals surface area contributed by atoms with E-state index in [4.69, 9.17) is 19.9 Å². The molecule has 0 aliphatic carbocycles. The molecule has 2 aromatic carbocycles. The number of aromatic nitrogens is 1. The van der Waals surface area contributed by atoms with Crippen molar-refractivity contribution in [1.82, 2.24) is 0 Å². The minimum atomic E-state index is 0.674. The molecule has 3 aromatic rings. The van der Waals surface area contributed by atoms with Crippen LogP contribution in [0.5, 0.6) is 17.2 Å². The molecular weight excluding hydrogens is 376 g/mol. The molecule has 4 rings (SSSR count). The van der Waals surface area contributed by atoms with Crippen LogP contribution in [-0.4, -0.2) is 27.9 Å². The minimum absolute atomic E-state index is 0.674. The summed E-state index contributed by atoms with van der Waals surface area (Å²) in [6.07, 6.45) is 6.07. The summed E-state index contributed by atoms with van der Waals surface area (Å²) >= 11 is 0. The molecule has 30 heavy (non-hydrogen) atoms. The van der Waals surface area contributed by atoms with Gasteiger partial charge in [0.25, 0.3) is 0 Å². The average molecular weight is 408 g/mol. The normalized spacial score (nSPS) is 12.4. The van der Waals surface area contributed by atoms with Crippen molar-refractivity contribution in [2.45, 2.75) is 39.2 Å². The third kappa shape index (κ3) is 3.27. The van der Waals surface area contributed by atoms with E-state index in [0.29, 0.717) is 6.54 Å². The van der Waals surface area contributed by atoms with Crippen molar-refractivity contribution < 1.29 is 18.8 Å². The summed E-state index contributed by atoms with van der Waals surface area (Å²) in [7, 11) is 5.13. The number of ether oxygens (including phenoxy) is 3. The van der Waals surface area contributed by atoms with Gasteiger partial charge in [0, 0.05) is 17.5 Å². The zero-order valence-electron chi connectivity index (χ0n) is 18.4. The van der Waals surface area contributed by atoms with E-state index in [2.05, 4.69) is 42.0 Å². The summed E-state index contributed by atoms with van der Waals surface area (Å²) in [5.74, 6) is 2.50. The van der Waals surface area contributed by atoms with Gasteiger partial charge in [-0.15, -0.1) is 0 Å². The summed E-state index contributed by atoms with van der Waals surface area (Å²) < 4.78 is 19.3. The standard InChI is InChI=1S/C25H31N2O3/c1-5-17-18-8-9-22(28-2)19(7-6-11-26)21(18)15-27-12-10-16-13-23(29-3)24(30-4)14-20(16)25(17)27/h8-9,13-15H,5-7,10-12,26H2,1-4H3/q+1. The molecule has 5 heteroatoms. The van der Waals surface area contributed by atoms with E-state index in [1.54, 1.807) is 21.3 Å². The Morgan fingerprint density at radius 3 is 2.33 bits per heavy atom. The largest absolute Gasteiger partial charge is 0.496 e. The van der Waals surface area contributed by atoms with E-state index in [0.717, 1.165) is 49.5 Å². The van der Waals surface area contributed by atoms with E-state index in [1.807, 2.05) is 0 Å². The molecule has 0 saturated heterocycles. The molecule has 0 spiro atoms. The molecule has 0 saturated carbocycles. The molecule has 1 aliphatic rings. The lowest BCUT2D eigenvalue weighted by Crippen LogP contribution is -2.41. The molecule has 2 heterocycles. The van der Waals surface area contributed by atoms with Crippen LogP contribution in [0.3, 0.4) is 0 Å². The first-order chi connectivity index (χ1) is 14.7. The average Bonchev–Trinajstić information content (AvgIpc) is 2.79. The molecule has 0 bridgehead atoms. The lowest BCUT2D eigenvalue weighted by Gasteiger charge is -2.22. The van der Waals surface area contributed by atoms with Crippen LogP contribution in [0.25, 0.3) is 22.0 Å². The number of nitrogens with zero attached hydrogens (tertiary/aromatic N) is 1. The predicted molar refractivity (Wildman–Crippen MR) is 120 cm³/mol. The van der Waals surface area contributed by atoms with Gasteiger partial charge in [-0.25, -0.2) is 0 Å². The summed E-state index contributed by atoms with van der Waals surface area (Å²) in [6, 6.07) is 8.56. The second kappa shape index (κ2) is 8.52. The van der Waals surface area contributed by atoms with E-state index in [9.17, 15) is 0 Å².